The van der Waals surface area contributed by atoms with Crippen molar-refractivity contribution in [3.05, 3.63) is 87.2 Å². The number of pyridine rings is 1. The Kier molecular flexibility index (Phi) is 7.78. The zero-order valence-corrected chi connectivity index (χ0v) is 23.2. The minimum atomic E-state index is -0.336. The van der Waals surface area contributed by atoms with Gasteiger partial charge in [0.1, 0.15) is 11.5 Å². The van der Waals surface area contributed by atoms with Crippen LogP contribution in [0.25, 0.3) is 10.9 Å². The minimum absolute atomic E-state index is 0.203. The van der Waals surface area contributed by atoms with E-state index in [1.54, 1.807) is 6.08 Å². The molecule has 0 fully saturated rings. The smallest absolute Gasteiger partial charge is 0.256 e. The van der Waals surface area contributed by atoms with Crippen LogP contribution in [0, 0.1) is 27.7 Å². The first-order chi connectivity index (χ1) is 17.6. The number of hydrogen-bond donors (Lipinski definition) is 1. The number of carbonyl (C=O) groups is 1. The summed E-state index contributed by atoms with van der Waals surface area (Å²) in [6, 6.07) is 7.74. The summed E-state index contributed by atoms with van der Waals surface area (Å²) in [5, 5.41) is 8.63. The van der Waals surface area contributed by atoms with E-state index in [1.165, 1.54) is 18.0 Å². The highest BCUT2D eigenvalue weighted by Gasteiger charge is 2.24. The predicted octanol–water partition coefficient (Wildman–Crippen LogP) is 7.16. The fourth-order valence-corrected chi connectivity index (χ4v) is 4.97. The van der Waals surface area contributed by atoms with Crippen LogP contribution in [0.1, 0.15) is 53.3 Å². The molecular formula is C29H32FN5OS. The lowest BCUT2D eigenvalue weighted by atomic mass is 9.90. The molecule has 2 aromatic heterocycles. The average molecular weight is 518 g/mol. The molecule has 0 saturated heterocycles. The van der Waals surface area contributed by atoms with Gasteiger partial charge in [0.2, 0.25) is 0 Å². The second-order valence-corrected chi connectivity index (χ2v) is 9.87. The Labute approximate surface area is 221 Å². The van der Waals surface area contributed by atoms with Crippen molar-refractivity contribution in [3.8, 4) is 0 Å². The van der Waals surface area contributed by atoms with Gasteiger partial charge in [0.15, 0.2) is 0 Å². The average Bonchev–Trinajstić information content (AvgIpc) is 3.12. The van der Waals surface area contributed by atoms with Crippen molar-refractivity contribution in [2.75, 3.05) is 11.6 Å². The molecule has 4 rings (SSSR count). The van der Waals surface area contributed by atoms with E-state index in [-0.39, 0.29) is 11.7 Å². The van der Waals surface area contributed by atoms with Crippen molar-refractivity contribution >= 4 is 40.2 Å². The molecule has 0 aliphatic heterocycles. The summed E-state index contributed by atoms with van der Waals surface area (Å²) in [6.07, 6.45) is 5.86. The highest BCUT2D eigenvalue weighted by Crippen LogP contribution is 2.31. The normalized spacial score (nSPS) is 16.2. The summed E-state index contributed by atoms with van der Waals surface area (Å²) in [4.78, 5) is 18.0. The molecule has 0 saturated carbocycles. The highest BCUT2D eigenvalue weighted by molar-refractivity contribution is 7.97. The first kappa shape index (κ1) is 26.5. The van der Waals surface area contributed by atoms with Gasteiger partial charge in [-0.3, -0.25) is 14.5 Å². The van der Waals surface area contributed by atoms with Crippen molar-refractivity contribution < 1.29 is 9.18 Å². The number of nitrogens with one attached hydrogen (secondary N) is 1. The third kappa shape index (κ3) is 5.30. The Morgan fingerprint density at radius 2 is 1.92 bits per heavy atom. The number of nitrogens with zero attached hydrogens (tertiary/aromatic N) is 4. The van der Waals surface area contributed by atoms with Crippen molar-refractivity contribution in [2.45, 2.75) is 54.5 Å². The molecule has 8 heteroatoms. The van der Waals surface area contributed by atoms with E-state index in [9.17, 15) is 9.18 Å². The molecule has 1 aliphatic carbocycles. The molecule has 1 aromatic carbocycles. The van der Waals surface area contributed by atoms with Crippen molar-refractivity contribution in [1.29, 1.82) is 0 Å². The van der Waals surface area contributed by atoms with Gasteiger partial charge in [-0.2, -0.15) is 5.10 Å². The lowest BCUT2D eigenvalue weighted by Crippen LogP contribution is -2.17. The Bertz CT molecular complexity index is 1530. The van der Waals surface area contributed by atoms with E-state index < -0.39 is 0 Å². The molecular weight excluding hydrogens is 485 g/mol. The number of benzene rings is 1. The van der Waals surface area contributed by atoms with Crippen molar-refractivity contribution in [1.82, 2.24) is 14.8 Å². The third-order valence-electron chi connectivity index (χ3n) is 6.63. The van der Waals surface area contributed by atoms with Crippen LogP contribution in [0.3, 0.4) is 0 Å². The molecule has 37 heavy (non-hydrogen) atoms. The number of fused-ring (bicyclic) bond motifs is 1. The van der Waals surface area contributed by atoms with Gasteiger partial charge in [-0.05, 0) is 82.8 Å². The number of carbonyl (C=O) groups excluding carboxylic acids is 1. The third-order valence-corrected chi connectivity index (χ3v) is 7.00. The SMILES string of the molecule is CC/C(C)=C1\C(Cn2nc(C)c(NC(=O)c3cc(C)nc4ccc(C)cc34)c2C)=CC=C(F)\C1=N\SC. The quantitative estimate of drug-likeness (QED) is 0.352. The van der Waals surface area contributed by atoms with E-state index in [0.717, 1.165) is 51.0 Å². The summed E-state index contributed by atoms with van der Waals surface area (Å²) in [6.45, 7) is 12.2. The summed E-state index contributed by atoms with van der Waals surface area (Å²) in [5.41, 5.74) is 8.62. The van der Waals surface area contributed by atoms with Gasteiger partial charge in [0, 0.05) is 22.9 Å². The Balaban J connectivity index is 1.69. The van der Waals surface area contributed by atoms with Gasteiger partial charge < -0.3 is 5.32 Å². The molecule has 6 nitrogen and oxygen atoms in total. The second kappa shape index (κ2) is 10.8. The van der Waals surface area contributed by atoms with E-state index >= 15 is 0 Å². The largest absolute Gasteiger partial charge is 0.319 e. The van der Waals surface area contributed by atoms with E-state index in [4.69, 9.17) is 5.10 Å². The lowest BCUT2D eigenvalue weighted by molar-refractivity contribution is 0.102. The van der Waals surface area contributed by atoms with Gasteiger partial charge >= 0.3 is 0 Å². The van der Waals surface area contributed by atoms with Crippen LogP contribution in [0.2, 0.25) is 0 Å². The fraction of sp³-hybridized carbons (Fsp3) is 0.310. The Morgan fingerprint density at radius 1 is 1.16 bits per heavy atom. The van der Waals surface area contributed by atoms with Gasteiger partial charge in [0.25, 0.3) is 5.91 Å². The molecule has 3 aromatic rings. The number of halogens is 1. The van der Waals surface area contributed by atoms with Gasteiger partial charge in [-0.25, -0.2) is 8.79 Å². The topological polar surface area (TPSA) is 72.2 Å². The van der Waals surface area contributed by atoms with Crippen LogP contribution in [0.4, 0.5) is 10.1 Å². The predicted molar refractivity (Wildman–Crippen MR) is 152 cm³/mol. The molecule has 1 N–H and O–H groups in total. The van der Waals surface area contributed by atoms with E-state index in [1.807, 2.05) is 69.8 Å². The zero-order valence-electron chi connectivity index (χ0n) is 22.4. The number of rotatable bonds is 6. The maximum atomic E-state index is 14.7. The molecule has 2 heterocycles. The van der Waals surface area contributed by atoms with Crippen LogP contribution in [0.5, 0.6) is 0 Å². The molecule has 0 bridgehead atoms. The lowest BCUT2D eigenvalue weighted by Gasteiger charge is -2.20. The Hall–Kier alpha value is -3.52. The van der Waals surface area contributed by atoms with Crippen LogP contribution >= 0.6 is 11.9 Å². The van der Waals surface area contributed by atoms with Crippen LogP contribution in [-0.4, -0.2) is 32.6 Å². The number of anilines is 1. The van der Waals surface area contributed by atoms with E-state index in [0.29, 0.717) is 29.2 Å². The monoisotopic (exact) mass is 517 g/mol. The van der Waals surface area contributed by atoms with Crippen molar-refractivity contribution in [2.24, 2.45) is 4.40 Å². The molecule has 0 spiro atoms. The summed E-state index contributed by atoms with van der Waals surface area (Å²) >= 11 is 1.24. The van der Waals surface area contributed by atoms with Gasteiger partial charge in [-0.1, -0.05) is 30.2 Å². The van der Waals surface area contributed by atoms with Crippen LogP contribution in [-0.2, 0) is 6.54 Å². The maximum Gasteiger partial charge on any atom is 0.256 e. The highest BCUT2D eigenvalue weighted by atomic mass is 32.2. The number of aromatic nitrogens is 3. The van der Waals surface area contributed by atoms with Gasteiger partial charge in [0.05, 0.1) is 34.7 Å². The van der Waals surface area contributed by atoms with Crippen LogP contribution in [0.15, 0.2) is 63.4 Å². The summed E-state index contributed by atoms with van der Waals surface area (Å²) in [5.74, 6) is -0.539. The molecule has 1 amide bonds. The Morgan fingerprint density at radius 3 is 2.62 bits per heavy atom. The zero-order chi connectivity index (χ0) is 26.9. The molecule has 0 atom stereocenters. The molecule has 192 valence electrons. The maximum absolute atomic E-state index is 14.7. The van der Waals surface area contributed by atoms with Crippen LogP contribution < -0.4 is 5.32 Å². The number of allylic oxidation sites excluding steroid dienone is 6. The first-order valence-corrected chi connectivity index (χ1v) is 13.4. The number of aryl methyl sites for hydroxylation is 3. The van der Waals surface area contributed by atoms with Gasteiger partial charge in [-0.15, -0.1) is 0 Å². The summed E-state index contributed by atoms with van der Waals surface area (Å²) < 4.78 is 20.9. The van der Waals surface area contributed by atoms with E-state index in [2.05, 4.69) is 21.6 Å². The molecule has 0 radical (unpaired) electrons. The fourth-order valence-electron chi connectivity index (χ4n) is 4.61. The molecule has 1 aliphatic rings. The summed E-state index contributed by atoms with van der Waals surface area (Å²) in [7, 11) is 0. The number of amides is 1. The number of hydrogen-bond acceptors (Lipinski definition) is 5. The molecule has 0 unspecified atom stereocenters. The minimum Gasteiger partial charge on any atom is -0.319 e. The van der Waals surface area contributed by atoms with Crippen molar-refractivity contribution in [3.63, 3.8) is 0 Å². The standard InChI is InChI=1S/C29H32FN5OS/c1-8-17(3)26-21(10-11-24(30)28(26)34-37-7)15-35-20(6)27(19(5)33-35)32-29(36)23-14-18(4)31-25-12-9-16(2)13-22(23)25/h9-14H,8,15H2,1-7H3,(H,32,36)/b26-17+,34-28-. The first-order valence-electron chi connectivity index (χ1n) is 12.3. The second-order valence-electron chi connectivity index (χ2n) is 9.33.